The number of furan rings is 1. The van der Waals surface area contributed by atoms with Crippen LogP contribution in [0.5, 0.6) is 11.5 Å². The number of benzene rings is 4. The van der Waals surface area contributed by atoms with Crippen LogP contribution in [0.4, 0.5) is 4.39 Å². The largest absolute Gasteiger partial charge is 0.496 e. The molecule has 0 bridgehead atoms. The third kappa shape index (κ3) is 5.21. The van der Waals surface area contributed by atoms with Crippen LogP contribution in [0.25, 0.3) is 33.5 Å². The molecule has 0 atom stereocenters. The molecule has 0 aliphatic heterocycles. The van der Waals surface area contributed by atoms with Crippen LogP contribution in [0, 0.1) is 5.82 Å². The smallest absolute Gasteiger partial charge is 0.282 e. The summed E-state index contributed by atoms with van der Waals surface area (Å²) in [6.45, 7) is 0.00221. The normalized spacial score (nSPS) is 11.5. The second kappa shape index (κ2) is 11.2. The van der Waals surface area contributed by atoms with Crippen LogP contribution in [-0.2, 0) is 6.61 Å². The maximum absolute atomic E-state index is 14.0. The lowest BCUT2D eigenvalue weighted by atomic mass is 10.2. The van der Waals surface area contributed by atoms with Gasteiger partial charge in [-0.3, -0.25) is 4.79 Å². The highest BCUT2D eigenvalue weighted by Crippen LogP contribution is 2.35. The van der Waals surface area contributed by atoms with Crippen molar-refractivity contribution in [1.82, 2.24) is 9.66 Å². The van der Waals surface area contributed by atoms with E-state index in [0.717, 1.165) is 5.39 Å². The van der Waals surface area contributed by atoms with Crippen molar-refractivity contribution in [1.29, 1.82) is 0 Å². The summed E-state index contributed by atoms with van der Waals surface area (Å²) in [6.07, 6.45) is 1.49. The van der Waals surface area contributed by atoms with Gasteiger partial charge in [-0.25, -0.2) is 9.37 Å². The lowest BCUT2D eigenvalue weighted by Gasteiger charge is -2.12. The van der Waals surface area contributed by atoms with Gasteiger partial charge in [0.15, 0.2) is 11.5 Å². The number of nitrogens with zero attached hydrogens (tertiary/aromatic N) is 3. The molecule has 7 nitrogen and oxygen atoms in total. The first-order valence-corrected chi connectivity index (χ1v) is 13.6. The Bertz CT molecular complexity index is 2000. The first-order chi connectivity index (χ1) is 19.9. The molecule has 6 rings (SSSR count). The number of para-hydroxylation sites is 1. The molecular weight excluding hydrogens is 613 g/mol. The Hall–Kier alpha value is -4.47. The van der Waals surface area contributed by atoms with Crippen LogP contribution in [0.2, 0.25) is 5.02 Å². The standard InChI is InChI=1S/C31H20BrClFN3O4/c1-39-26-11-6-12-27-21(26)15-28(41-27)30-36-25-10-5-3-8-20(25)31(38)37(30)35-16-18-13-22(32)29(23(33)14-18)40-17-19-7-2-4-9-24(19)34/h2-16H,17H2,1H3. The SMILES string of the molecule is COc1cccc2oc(-c3nc4ccccc4c(=O)n3N=Cc3cc(Cl)c(OCc4ccccc4F)c(Br)c3)cc12. The van der Waals surface area contributed by atoms with E-state index in [1.54, 1.807) is 61.7 Å². The third-order valence-electron chi connectivity index (χ3n) is 6.39. The number of fused-ring (bicyclic) bond motifs is 2. The van der Waals surface area contributed by atoms with E-state index in [0.29, 0.717) is 49.3 Å². The molecule has 0 spiro atoms. The molecule has 41 heavy (non-hydrogen) atoms. The van der Waals surface area contributed by atoms with Crippen LogP contribution < -0.4 is 15.0 Å². The van der Waals surface area contributed by atoms with E-state index in [4.69, 9.17) is 30.5 Å². The summed E-state index contributed by atoms with van der Waals surface area (Å²) in [5.41, 5.74) is 1.70. The number of methoxy groups -OCH3 is 1. The van der Waals surface area contributed by atoms with Gasteiger partial charge in [0.2, 0.25) is 5.82 Å². The lowest BCUT2D eigenvalue weighted by molar-refractivity contribution is 0.298. The van der Waals surface area contributed by atoms with Gasteiger partial charge in [-0.1, -0.05) is 48.0 Å². The molecule has 0 radical (unpaired) electrons. The zero-order chi connectivity index (χ0) is 28.5. The van der Waals surface area contributed by atoms with E-state index in [1.807, 2.05) is 24.3 Å². The fraction of sp³-hybridized carbons (Fsp3) is 0.0645. The Morgan fingerprint density at radius 1 is 1.05 bits per heavy atom. The molecule has 10 heteroatoms. The minimum atomic E-state index is -0.371. The molecule has 0 aliphatic carbocycles. The lowest BCUT2D eigenvalue weighted by Crippen LogP contribution is -2.20. The Labute approximate surface area is 246 Å². The third-order valence-corrected chi connectivity index (χ3v) is 7.26. The number of aromatic nitrogens is 2. The van der Waals surface area contributed by atoms with Crippen LogP contribution in [-0.4, -0.2) is 23.0 Å². The highest BCUT2D eigenvalue weighted by atomic mass is 79.9. The Morgan fingerprint density at radius 2 is 1.85 bits per heavy atom. The van der Waals surface area contributed by atoms with Gasteiger partial charge >= 0.3 is 0 Å². The summed E-state index contributed by atoms with van der Waals surface area (Å²) in [7, 11) is 1.58. The molecule has 6 aromatic rings. The molecule has 2 aromatic heterocycles. The summed E-state index contributed by atoms with van der Waals surface area (Å²) in [6, 6.07) is 24.0. The van der Waals surface area contributed by atoms with E-state index in [9.17, 15) is 9.18 Å². The van der Waals surface area contributed by atoms with Crippen molar-refractivity contribution in [3.63, 3.8) is 0 Å². The molecule has 4 aromatic carbocycles. The van der Waals surface area contributed by atoms with E-state index < -0.39 is 0 Å². The number of ether oxygens (including phenoxy) is 2. The van der Waals surface area contributed by atoms with Crippen molar-refractivity contribution < 1.29 is 18.3 Å². The monoisotopic (exact) mass is 631 g/mol. The van der Waals surface area contributed by atoms with Crippen LogP contribution in [0.15, 0.2) is 104 Å². The van der Waals surface area contributed by atoms with Gasteiger partial charge in [-0.2, -0.15) is 9.78 Å². The van der Waals surface area contributed by atoms with Crippen molar-refractivity contribution in [2.75, 3.05) is 7.11 Å². The van der Waals surface area contributed by atoms with Gasteiger partial charge in [0, 0.05) is 5.56 Å². The predicted molar refractivity (Wildman–Crippen MR) is 161 cm³/mol. The highest BCUT2D eigenvalue weighted by Gasteiger charge is 2.18. The minimum Gasteiger partial charge on any atom is -0.496 e. The average molecular weight is 633 g/mol. The molecule has 0 saturated heterocycles. The molecule has 0 N–H and O–H groups in total. The van der Waals surface area contributed by atoms with Crippen molar-refractivity contribution in [2.24, 2.45) is 5.10 Å². The predicted octanol–water partition coefficient (Wildman–Crippen LogP) is 7.83. The summed E-state index contributed by atoms with van der Waals surface area (Å²) < 4.78 is 33.1. The Morgan fingerprint density at radius 3 is 2.66 bits per heavy atom. The van der Waals surface area contributed by atoms with E-state index in [-0.39, 0.29) is 28.8 Å². The molecule has 0 unspecified atom stereocenters. The van der Waals surface area contributed by atoms with Gasteiger partial charge in [-0.15, -0.1) is 0 Å². The molecule has 0 saturated carbocycles. The maximum atomic E-state index is 14.0. The van der Waals surface area contributed by atoms with Crippen LogP contribution in [0.1, 0.15) is 11.1 Å². The molecule has 0 aliphatic rings. The van der Waals surface area contributed by atoms with Gasteiger partial charge < -0.3 is 13.9 Å². The first-order valence-electron chi connectivity index (χ1n) is 12.4. The van der Waals surface area contributed by atoms with Gasteiger partial charge in [0.25, 0.3) is 5.56 Å². The van der Waals surface area contributed by atoms with Crippen molar-refractivity contribution in [3.8, 4) is 23.1 Å². The second-order valence-corrected chi connectivity index (χ2v) is 10.3. The van der Waals surface area contributed by atoms with E-state index >= 15 is 0 Å². The zero-order valence-corrected chi connectivity index (χ0v) is 23.8. The molecule has 2 heterocycles. The van der Waals surface area contributed by atoms with E-state index in [1.165, 1.54) is 17.0 Å². The quantitative estimate of drug-likeness (QED) is 0.168. The van der Waals surface area contributed by atoms with Crippen LogP contribution in [0.3, 0.4) is 0 Å². The average Bonchev–Trinajstić information content (AvgIpc) is 3.41. The summed E-state index contributed by atoms with van der Waals surface area (Å²) in [5.74, 6) is 1.19. The molecular formula is C31H20BrClFN3O4. The van der Waals surface area contributed by atoms with E-state index in [2.05, 4.69) is 21.0 Å². The fourth-order valence-electron chi connectivity index (χ4n) is 4.39. The summed E-state index contributed by atoms with van der Waals surface area (Å²) >= 11 is 9.99. The van der Waals surface area contributed by atoms with Crippen molar-refractivity contribution >= 4 is 55.6 Å². The van der Waals surface area contributed by atoms with Crippen LogP contribution >= 0.6 is 27.5 Å². The summed E-state index contributed by atoms with van der Waals surface area (Å²) in [5, 5.41) is 5.91. The van der Waals surface area contributed by atoms with Crippen molar-refractivity contribution in [2.45, 2.75) is 6.61 Å². The topological polar surface area (TPSA) is 78.9 Å². The first kappa shape index (κ1) is 26.7. The Balaban J connectivity index is 1.39. The zero-order valence-electron chi connectivity index (χ0n) is 21.5. The van der Waals surface area contributed by atoms with Gasteiger partial charge in [0.05, 0.1) is 39.1 Å². The minimum absolute atomic E-state index is 0.00221. The van der Waals surface area contributed by atoms with Gasteiger partial charge in [-0.05, 0) is 70.0 Å². The number of hydrogen-bond donors (Lipinski definition) is 0. The molecule has 204 valence electrons. The Kier molecular flexibility index (Phi) is 7.30. The number of hydrogen-bond acceptors (Lipinski definition) is 6. The molecule has 0 fully saturated rings. The molecule has 0 amide bonds. The van der Waals surface area contributed by atoms with Gasteiger partial charge in [0.1, 0.15) is 23.8 Å². The second-order valence-electron chi connectivity index (χ2n) is 8.99. The number of halogens is 3. The summed E-state index contributed by atoms with van der Waals surface area (Å²) in [4.78, 5) is 18.3. The van der Waals surface area contributed by atoms with Crippen molar-refractivity contribution in [3.05, 3.63) is 122 Å². The fourth-order valence-corrected chi connectivity index (χ4v) is 5.38. The maximum Gasteiger partial charge on any atom is 0.282 e. The highest BCUT2D eigenvalue weighted by molar-refractivity contribution is 9.10. The number of rotatable bonds is 7.